The van der Waals surface area contributed by atoms with Crippen LogP contribution in [0.5, 0.6) is 0 Å². The standard InChI is InChI=1S/C11H18N2O2S/c1-8-7-9(12)5-6-10(8)13-16(14,15)11(2,3)4/h5-7,13H,12H2,1-4H3. The van der Waals surface area contributed by atoms with E-state index in [4.69, 9.17) is 5.73 Å². The summed E-state index contributed by atoms with van der Waals surface area (Å²) in [4.78, 5) is 0. The molecule has 0 amide bonds. The van der Waals surface area contributed by atoms with Crippen LogP contribution in [0, 0.1) is 6.92 Å². The number of nitrogens with one attached hydrogen (secondary N) is 1. The van der Waals surface area contributed by atoms with Gasteiger partial charge in [0.25, 0.3) is 0 Å². The van der Waals surface area contributed by atoms with Gasteiger partial charge in [-0.3, -0.25) is 4.72 Å². The van der Waals surface area contributed by atoms with Gasteiger partial charge in [-0.2, -0.15) is 0 Å². The highest BCUT2D eigenvalue weighted by Gasteiger charge is 2.29. The fraction of sp³-hybridized carbons (Fsp3) is 0.455. The van der Waals surface area contributed by atoms with Gasteiger partial charge in [-0.25, -0.2) is 8.42 Å². The summed E-state index contributed by atoms with van der Waals surface area (Å²) in [5.74, 6) is 0. The maximum Gasteiger partial charge on any atom is 0.237 e. The second kappa shape index (κ2) is 3.97. The topological polar surface area (TPSA) is 72.2 Å². The van der Waals surface area contributed by atoms with E-state index < -0.39 is 14.8 Å². The number of nitrogens with two attached hydrogens (primary N) is 1. The van der Waals surface area contributed by atoms with E-state index in [0.717, 1.165) is 5.56 Å². The minimum Gasteiger partial charge on any atom is -0.399 e. The van der Waals surface area contributed by atoms with Crippen LogP contribution in [0.3, 0.4) is 0 Å². The summed E-state index contributed by atoms with van der Waals surface area (Å²) in [6.07, 6.45) is 0. The minimum absolute atomic E-state index is 0.573. The molecule has 16 heavy (non-hydrogen) atoms. The maximum absolute atomic E-state index is 11.9. The van der Waals surface area contributed by atoms with Gasteiger partial charge in [0.05, 0.1) is 10.4 Å². The Balaban J connectivity index is 3.07. The fourth-order valence-electron chi connectivity index (χ4n) is 1.10. The lowest BCUT2D eigenvalue weighted by atomic mass is 10.2. The number of benzene rings is 1. The third kappa shape index (κ3) is 2.66. The highest BCUT2D eigenvalue weighted by atomic mass is 32.2. The number of rotatable bonds is 2. The van der Waals surface area contributed by atoms with Crippen molar-refractivity contribution < 1.29 is 8.42 Å². The molecular formula is C11H18N2O2S. The van der Waals surface area contributed by atoms with Crippen LogP contribution in [-0.2, 0) is 10.0 Å². The number of anilines is 2. The van der Waals surface area contributed by atoms with Crippen molar-refractivity contribution in [2.45, 2.75) is 32.4 Å². The van der Waals surface area contributed by atoms with Gasteiger partial charge >= 0.3 is 0 Å². The molecule has 0 unspecified atom stereocenters. The van der Waals surface area contributed by atoms with Crippen LogP contribution in [0.1, 0.15) is 26.3 Å². The molecule has 0 saturated carbocycles. The van der Waals surface area contributed by atoms with Crippen molar-refractivity contribution in [3.05, 3.63) is 23.8 Å². The molecule has 1 aromatic carbocycles. The average molecular weight is 242 g/mol. The minimum atomic E-state index is -3.38. The number of nitrogen functional groups attached to an aromatic ring is 1. The Morgan fingerprint density at radius 3 is 2.25 bits per heavy atom. The van der Waals surface area contributed by atoms with Gasteiger partial charge in [-0.1, -0.05) is 0 Å². The lowest BCUT2D eigenvalue weighted by Crippen LogP contribution is -2.33. The number of aryl methyl sites for hydroxylation is 1. The van der Waals surface area contributed by atoms with Gasteiger partial charge in [0.1, 0.15) is 0 Å². The summed E-state index contributed by atoms with van der Waals surface area (Å²) in [6, 6.07) is 5.09. The molecule has 0 aliphatic carbocycles. The average Bonchev–Trinajstić information content (AvgIpc) is 2.08. The lowest BCUT2D eigenvalue weighted by Gasteiger charge is -2.21. The second-order valence-corrected chi connectivity index (χ2v) is 7.23. The molecule has 4 nitrogen and oxygen atoms in total. The SMILES string of the molecule is Cc1cc(N)ccc1NS(=O)(=O)C(C)(C)C. The van der Waals surface area contributed by atoms with Crippen molar-refractivity contribution >= 4 is 21.4 Å². The van der Waals surface area contributed by atoms with Crippen molar-refractivity contribution in [1.82, 2.24) is 0 Å². The third-order valence-corrected chi connectivity index (χ3v) is 4.40. The van der Waals surface area contributed by atoms with Crippen molar-refractivity contribution in [1.29, 1.82) is 0 Å². The summed E-state index contributed by atoms with van der Waals surface area (Å²) in [5.41, 5.74) is 7.61. The predicted octanol–water partition coefficient (Wildman–Crippen LogP) is 2.12. The van der Waals surface area contributed by atoms with Crippen LogP contribution in [0.4, 0.5) is 11.4 Å². The van der Waals surface area contributed by atoms with Crippen molar-refractivity contribution in [3.8, 4) is 0 Å². The quantitative estimate of drug-likeness (QED) is 0.780. The zero-order valence-corrected chi connectivity index (χ0v) is 10.9. The normalized spacial score (nSPS) is 12.5. The molecule has 0 radical (unpaired) electrons. The Hall–Kier alpha value is -1.23. The Morgan fingerprint density at radius 1 is 1.25 bits per heavy atom. The second-order valence-electron chi connectivity index (χ2n) is 4.79. The molecule has 0 aliphatic rings. The van der Waals surface area contributed by atoms with E-state index in [1.807, 2.05) is 6.92 Å². The fourth-order valence-corrected chi connectivity index (χ4v) is 1.92. The van der Waals surface area contributed by atoms with Crippen molar-refractivity contribution in [3.63, 3.8) is 0 Å². The van der Waals surface area contributed by atoms with Gasteiger partial charge in [-0.15, -0.1) is 0 Å². The van der Waals surface area contributed by atoms with E-state index in [2.05, 4.69) is 4.72 Å². The van der Waals surface area contributed by atoms with Gasteiger partial charge < -0.3 is 5.73 Å². The molecule has 0 fully saturated rings. The molecule has 90 valence electrons. The van der Waals surface area contributed by atoms with E-state index >= 15 is 0 Å². The van der Waals surface area contributed by atoms with E-state index in [1.165, 1.54) is 0 Å². The maximum atomic E-state index is 11.9. The Kier molecular flexibility index (Phi) is 3.19. The Labute approximate surface area is 96.9 Å². The number of sulfonamides is 1. The first-order valence-corrected chi connectivity index (χ1v) is 6.50. The molecular weight excluding hydrogens is 224 g/mol. The molecule has 0 heterocycles. The predicted molar refractivity (Wildman–Crippen MR) is 67.9 cm³/mol. The number of hydrogen-bond donors (Lipinski definition) is 2. The molecule has 0 spiro atoms. The van der Waals surface area contributed by atoms with Crippen LogP contribution in [-0.4, -0.2) is 13.2 Å². The van der Waals surface area contributed by atoms with Crippen LogP contribution in [0.2, 0.25) is 0 Å². The zero-order chi connectivity index (χ0) is 12.6. The van der Waals surface area contributed by atoms with Crippen molar-refractivity contribution in [2.24, 2.45) is 0 Å². The van der Waals surface area contributed by atoms with E-state index in [0.29, 0.717) is 11.4 Å². The van der Waals surface area contributed by atoms with Gasteiger partial charge in [0, 0.05) is 5.69 Å². The molecule has 5 heteroatoms. The third-order valence-electron chi connectivity index (χ3n) is 2.30. The molecule has 0 atom stereocenters. The molecule has 0 aliphatic heterocycles. The lowest BCUT2D eigenvalue weighted by molar-refractivity contribution is 0.566. The summed E-state index contributed by atoms with van der Waals surface area (Å²) in [7, 11) is -3.38. The first-order chi connectivity index (χ1) is 7.13. The first-order valence-electron chi connectivity index (χ1n) is 5.02. The first kappa shape index (κ1) is 12.8. The largest absolute Gasteiger partial charge is 0.399 e. The summed E-state index contributed by atoms with van der Waals surface area (Å²) >= 11 is 0. The summed E-state index contributed by atoms with van der Waals surface area (Å²) in [6.45, 7) is 6.78. The van der Waals surface area contributed by atoms with Crippen LogP contribution in [0.15, 0.2) is 18.2 Å². The van der Waals surface area contributed by atoms with Crippen LogP contribution in [0.25, 0.3) is 0 Å². The highest BCUT2D eigenvalue weighted by Crippen LogP contribution is 2.23. The molecule has 1 aromatic rings. The zero-order valence-electron chi connectivity index (χ0n) is 10.0. The monoisotopic (exact) mass is 242 g/mol. The molecule has 0 bridgehead atoms. The molecule has 1 rings (SSSR count). The van der Waals surface area contributed by atoms with Gasteiger partial charge in [-0.05, 0) is 51.5 Å². The summed E-state index contributed by atoms with van der Waals surface area (Å²) < 4.78 is 25.6. The van der Waals surface area contributed by atoms with E-state index in [9.17, 15) is 8.42 Å². The molecule has 0 saturated heterocycles. The smallest absolute Gasteiger partial charge is 0.237 e. The Bertz CT molecular complexity index is 487. The summed E-state index contributed by atoms with van der Waals surface area (Å²) in [5, 5.41) is 0. The van der Waals surface area contributed by atoms with Crippen LogP contribution >= 0.6 is 0 Å². The van der Waals surface area contributed by atoms with Crippen molar-refractivity contribution in [2.75, 3.05) is 10.5 Å². The molecule has 0 aromatic heterocycles. The van der Waals surface area contributed by atoms with Gasteiger partial charge in [0.15, 0.2) is 0 Å². The van der Waals surface area contributed by atoms with E-state index in [1.54, 1.807) is 39.0 Å². The number of hydrogen-bond acceptors (Lipinski definition) is 3. The molecule has 3 N–H and O–H groups in total. The van der Waals surface area contributed by atoms with Crippen LogP contribution < -0.4 is 10.5 Å². The van der Waals surface area contributed by atoms with E-state index in [-0.39, 0.29) is 0 Å². The highest BCUT2D eigenvalue weighted by molar-refractivity contribution is 7.94. The Morgan fingerprint density at radius 2 is 1.81 bits per heavy atom. The van der Waals surface area contributed by atoms with Gasteiger partial charge in [0.2, 0.25) is 10.0 Å².